The summed E-state index contributed by atoms with van der Waals surface area (Å²) < 4.78 is 0. The molecule has 1 unspecified atom stereocenters. The van der Waals surface area contributed by atoms with Crippen LogP contribution in [0.1, 0.15) is 52.4 Å². The molecule has 1 saturated carbocycles. The number of hydrogen-bond donors (Lipinski definition) is 1. The Balaban J connectivity index is 1.98. The topological polar surface area (TPSA) is 40.5 Å². The van der Waals surface area contributed by atoms with E-state index in [9.17, 15) is 9.90 Å². The van der Waals surface area contributed by atoms with E-state index in [0.29, 0.717) is 0 Å². The van der Waals surface area contributed by atoms with Gasteiger partial charge in [0.05, 0.1) is 5.92 Å². The predicted molar refractivity (Wildman–Crippen MR) is 68.0 cm³/mol. The highest BCUT2D eigenvalue weighted by Gasteiger charge is 2.41. The molecule has 1 N–H and O–H groups in total. The monoisotopic (exact) mass is 239 g/mol. The molecule has 3 heteroatoms. The van der Waals surface area contributed by atoms with Gasteiger partial charge in [0.25, 0.3) is 0 Å². The normalized spacial score (nSPS) is 31.3. The molecule has 1 atom stereocenters. The van der Waals surface area contributed by atoms with Crippen LogP contribution in [0, 0.1) is 11.3 Å². The third kappa shape index (κ3) is 2.82. The molecule has 0 aromatic rings. The number of carboxylic acids is 1. The fourth-order valence-electron chi connectivity index (χ4n) is 3.61. The van der Waals surface area contributed by atoms with Crippen molar-refractivity contribution in [1.29, 1.82) is 0 Å². The zero-order valence-electron chi connectivity index (χ0n) is 11.1. The molecule has 2 fully saturated rings. The van der Waals surface area contributed by atoms with E-state index in [1.165, 1.54) is 32.1 Å². The molecule has 0 amide bonds. The zero-order valence-corrected chi connectivity index (χ0v) is 11.1. The number of aliphatic carboxylic acids is 1. The molecule has 98 valence electrons. The summed E-state index contributed by atoms with van der Waals surface area (Å²) in [5.74, 6) is -0.777. The molecule has 2 rings (SSSR count). The summed E-state index contributed by atoms with van der Waals surface area (Å²) >= 11 is 0. The van der Waals surface area contributed by atoms with Crippen molar-refractivity contribution < 1.29 is 9.90 Å². The van der Waals surface area contributed by atoms with Gasteiger partial charge in [0.15, 0.2) is 0 Å². The molecule has 1 heterocycles. The summed E-state index contributed by atoms with van der Waals surface area (Å²) in [5.41, 5.74) is -0.0818. The summed E-state index contributed by atoms with van der Waals surface area (Å²) in [7, 11) is 0. The number of piperidine rings is 1. The molecular weight excluding hydrogens is 214 g/mol. The van der Waals surface area contributed by atoms with Crippen LogP contribution in [0.4, 0.5) is 0 Å². The Bertz CT molecular complexity index is 282. The first kappa shape index (κ1) is 12.9. The second-order valence-electron chi connectivity index (χ2n) is 6.43. The van der Waals surface area contributed by atoms with E-state index in [4.69, 9.17) is 0 Å². The van der Waals surface area contributed by atoms with Crippen molar-refractivity contribution in [3.63, 3.8) is 0 Å². The van der Waals surface area contributed by atoms with E-state index in [2.05, 4.69) is 18.7 Å². The molecule has 0 bridgehead atoms. The van der Waals surface area contributed by atoms with Gasteiger partial charge in [-0.2, -0.15) is 0 Å². The number of carbonyl (C=O) groups is 1. The third-order valence-electron chi connectivity index (χ3n) is 4.65. The van der Waals surface area contributed by atoms with Crippen LogP contribution in [0.15, 0.2) is 0 Å². The lowest BCUT2D eigenvalue weighted by atomic mass is 9.73. The molecule has 17 heavy (non-hydrogen) atoms. The smallest absolute Gasteiger partial charge is 0.307 e. The number of hydrogen-bond acceptors (Lipinski definition) is 2. The summed E-state index contributed by atoms with van der Waals surface area (Å²) in [5, 5.41) is 9.25. The van der Waals surface area contributed by atoms with Crippen molar-refractivity contribution in [2.45, 2.75) is 58.4 Å². The number of rotatable bonds is 2. The first-order valence-electron chi connectivity index (χ1n) is 6.97. The Morgan fingerprint density at radius 1 is 1.18 bits per heavy atom. The minimum absolute atomic E-state index is 0.0818. The van der Waals surface area contributed by atoms with E-state index < -0.39 is 5.97 Å². The van der Waals surface area contributed by atoms with Gasteiger partial charge in [-0.1, -0.05) is 33.1 Å². The fourth-order valence-corrected chi connectivity index (χ4v) is 3.61. The highest BCUT2D eigenvalue weighted by molar-refractivity contribution is 5.71. The lowest BCUT2D eigenvalue weighted by Crippen LogP contribution is -2.52. The summed E-state index contributed by atoms with van der Waals surface area (Å²) in [6, 6.07) is 0.720. The molecule has 0 radical (unpaired) electrons. The van der Waals surface area contributed by atoms with Gasteiger partial charge in [0, 0.05) is 12.6 Å². The van der Waals surface area contributed by atoms with Crippen LogP contribution in [-0.2, 0) is 4.79 Å². The van der Waals surface area contributed by atoms with Gasteiger partial charge in [-0.15, -0.1) is 0 Å². The third-order valence-corrected chi connectivity index (χ3v) is 4.65. The number of nitrogens with zero attached hydrogens (tertiary/aromatic N) is 1. The maximum atomic E-state index is 11.2. The van der Waals surface area contributed by atoms with Crippen LogP contribution in [-0.4, -0.2) is 35.1 Å². The molecule has 0 aromatic heterocycles. The fraction of sp³-hybridized carbons (Fsp3) is 0.929. The van der Waals surface area contributed by atoms with E-state index in [0.717, 1.165) is 25.6 Å². The highest BCUT2D eigenvalue weighted by Crippen LogP contribution is 2.37. The van der Waals surface area contributed by atoms with Gasteiger partial charge >= 0.3 is 5.97 Å². The largest absolute Gasteiger partial charge is 0.481 e. The predicted octanol–water partition coefficient (Wildman–Crippen LogP) is 2.75. The standard InChI is InChI=1S/C14H25NO2/c1-14(2)10-15(9-8-12(14)13(16)17)11-6-4-3-5-7-11/h11-12H,3-10H2,1-2H3,(H,16,17). The minimum atomic E-state index is -0.613. The minimum Gasteiger partial charge on any atom is -0.481 e. The van der Waals surface area contributed by atoms with Gasteiger partial charge in [-0.05, 0) is 31.2 Å². The SMILES string of the molecule is CC1(C)CN(C2CCCCC2)CCC1C(=O)O. The Morgan fingerprint density at radius 2 is 1.82 bits per heavy atom. The molecule has 0 aromatic carbocycles. The van der Waals surface area contributed by atoms with E-state index in [1.807, 2.05) is 0 Å². The van der Waals surface area contributed by atoms with E-state index in [-0.39, 0.29) is 11.3 Å². The van der Waals surface area contributed by atoms with Crippen molar-refractivity contribution in [3.8, 4) is 0 Å². The summed E-state index contributed by atoms with van der Waals surface area (Å²) in [6.07, 6.45) is 7.53. The first-order chi connectivity index (χ1) is 8.00. The lowest BCUT2D eigenvalue weighted by molar-refractivity contribution is -0.149. The molecule has 1 saturated heterocycles. The van der Waals surface area contributed by atoms with Crippen LogP contribution in [0.2, 0.25) is 0 Å². The lowest BCUT2D eigenvalue weighted by Gasteiger charge is -2.46. The summed E-state index contributed by atoms with van der Waals surface area (Å²) in [4.78, 5) is 13.8. The van der Waals surface area contributed by atoms with Crippen LogP contribution >= 0.6 is 0 Å². The highest BCUT2D eigenvalue weighted by atomic mass is 16.4. The number of likely N-dealkylation sites (tertiary alicyclic amines) is 1. The first-order valence-corrected chi connectivity index (χ1v) is 6.97. The Kier molecular flexibility index (Phi) is 3.76. The second-order valence-corrected chi connectivity index (χ2v) is 6.43. The zero-order chi connectivity index (χ0) is 12.5. The van der Waals surface area contributed by atoms with Crippen LogP contribution in [0.5, 0.6) is 0 Å². The van der Waals surface area contributed by atoms with Gasteiger partial charge in [-0.25, -0.2) is 0 Å². The molecule has 0 spiro atoms. The van der Waals surface area contributed by atoms with Gasteiger partial charge in [0.1, 0.15) is 0 Å². The van der Waals surface area contributed by atoms with Gasteiger partial charge in [0.2, 0.25) is 0 Å². The molecule has 2 aliphatic rings. The van der Waals surface area contributed by atoms with E-state index in [1.54, 1.807) is 0 Å². The van der Waals surface area contributed by atoms with Gasteiger partial charge < -0.3 is 5.11 Å². The van der Waals surface area contributed by atoms with Crippen molar-refractivity contribution in [1.82, 2.24) is 4.90 Å². The maximum absolute atomic E-state index is 11.2. The van der Waals surface area contributed by atoms with Crippen molar-refractivity contribution in [2.75, 3.05) is 13.1 Å². The quantitative estimate of drug-likeness (QED) is 0.805. The van der Waals surface area contributed by atoms with Crippen molar-refractivity contribution in [3.05, 3.63) is 0 Å². The van der Waals surface area contributed by atoms with Crippen LogP contribution in [0.3, 0.4) is 0 Å². The summed E-state index contributed by atoms with van der Waals surface area (Å²) in [6.45, 7) is 6.15. The Labute approximate surface area is 104 Å². The molecule has 3 nitrogen and oxygen atoms in total. The molecular formula is C14H25NO2. The van der Waals surface area contributed by atoms with E-state index >= 15 is 0 Å². The average Bonchev–Trinajstić information content (AvgIpc) is 2.28. The van der Waals surface area contributed by atoms with Gasteiger partial charge in [-0.3, -0.25) is 9.69 Å². The van der Waals surface area contributed by atoms with Crippen molar-refractivity contribution in [2.24, 2.45) is 11.3 Å². The van der Waals surface area contributed by atoms with Crippen LogP contribution < -0.4 is 0 Å². The van der Waals surface area contributed by atoms with Crippen LogP contribution in [0.25, 0.3) is 0 Å². The molecule has 1 aliphatic carbocycles. The number of carboxylic acid groups (broad SMARTS) is 1. The Morgan fingerprint density at radius 3 is 2.35 bits per heavy atom. The maximum Gasteiger partial charge on any atom is 0.307 e. The second kappa shape index (κ2) is 4.97. The average molecular weight is 239 g/mol. The Hall–Kier alpha value is -0.570. The van der Waals surface area contributed by atoms with Crippen molar-refractivity contribution >= 4 is 5.97 Å². The molecule has 1 aliphatic heterocycles.